The van der Waals surface area contributed by atoms with Crippen molar-refractivity contribution in [1.82, 2.24) is 14.8 Å². The Kier molecular flexibility index (Phi) is 8.06. The molecule has 0 saturated heterocycles. The van der Waals surface area contributed by atoms with Gasteiger partial charge in [-0.25, -0.2) is 9.48 Å². The van der Waals surface area contributed by atoms with Gasteiger partial charge in [0.25, 0.3) is 0 Å². The Morgan fingerprint density at radius 1 is 1.19 bits per heavy atom. The second-order valence-corrected chi connectivity index (χ2v) is 8.67. The molecule has 3 rings (SSSR count). The first kappa shape index (κ1) is 24.0. The van der Waals surface area contributed by atoms with Crippen molar-refractivity contribution >= 4 is 23.7 Å². The van der Waals surface area contributed by atoms with Crippen LogP contribution >= 0.6 is 11.8 Å². The van der Waals surface area contributed by atoms with Crippen LogP contribution in [0, 0.1) is 0 Å². The average Bonchev–Trinajstić information content (AvgIpc) is 3.14. The molecule has 1 aromatic heterocycles. The second-order valence-electron chi connectivity index (χ2n) is 7.60. The highest BCUT2D eigenvalue weighted by atomic mass is 32.2. The highest BCUT2D eigenvalue weighted by Gasteiger charge is 2.36. The lowest BCUT2D eigenvalue weighted by molar-refractivity contribution is -0.143. The molecule has 1 aliphatic rings. The topological polar surface area (TPSA) is 87.5 Å². The Balaban J connectivity index is 2.12. The Morgan fingerprint density at radius 3 is 2.56 bits per heavy atom. The van der Waals surface area contributed by atoms with E-state index in [9.17, 15) is 4.79 Å². The number of fused-ring (bicyclic) bond motifs is 1. The van der Waals surface area contributed by atoms with Crippen LogP contribution in [0.5, 0.6) is 11.5 Å². The predicted octanol–water partition coefficient (Wildman–Crippen LogP) is 4.82. The molecule has 0 amide bonds. The number of nitrogens with one attached hydrogen (secondary N) is 1. The number of ether oxygens (including phenoxy) is 3. The van der Waals surface area contributed by atoms with Crippen LogP contribution in [0.25, 0.3) is 0 Å². The molecule has 174 valence electrons. The van der Waals surface area contributed by atoms with Gasteiger partial charge in [0, 0.05) is 11.4 Å². The number of esters is 1. The summed E-state index contributed by atoms with van der Waals surface area (Å²) in [5, 5.41) is 8.62. The summed E-state index contributed by atoms with van der Waals surface area (Å²) in [6.07, 6.45) is 0.779. The fourth-order valence-corrected chi connectivity index (χ4v) is 4.16. The fourth-order valence-electron chi connectivity index (χ4n) is 3.47. The number of benzene rings is 1. The summed E-state index contributed by atoms with van der Waals surface area (Å²) in [6.45, 7) is 12.5. The number of anilines is 1. The summed E-state index contributed by atoms with van der Waals surface area (Å²) >= 11 is 1.59. The van der Waals surface area contributed by atoms with Gasteiger partial charge in [0.15, 0.2) is 11.5 Å². The summed E-state index contributed by atoms with van der Waals surface area (Å²) in [5.74, 6) is 2.42. The van der Waals surface area contributed by atoms with Gasteiger partial charge in [-0.1, -0.05) is 24.8 Å². The van der Waals surface area contributed by atoms with Gasteiger partial charge in [0.2, 0.25) is 11.1 Å². The predicted molar refractivity (Wildman–Crippen MR) is 126 cm³/mol. The number of carbonyl (C=O) groups excluding carboxylic acids is 1. The second kappa shape index (κ2) is 10.8. The van der Waals surface area contributed by atoms with Crippen LogP contribution in [0.4, 0.5) is 5.95 Å². The van der Waals surface area contributed by atoms with Crippen LogP contribution in [-0.2, 0) is 9.53 Å². The molecule has 2 heterocycles. The smallest absolute Gasteiger partial charge is 0.338 e. The van der Waals surface area contributed by atoms with Crippen molar-refractivity contribution in [3.05, 3.63) is 35.0 Å². The maximum absolute atomic E-state index is 13.1. The van der Waals surface area contributed by atoms with Gasteiger partial charge in [-0.15, -0.1) is 5.10 Å². The Hall–Kier alpha value is -2.68. The molecule has 1 unspecified atom stereocenters. The van der Waals surface area contributed by atoms with Gasteiger partial charge < -0.3 is 19.5 Å². The van der Waals surface area contributed by atoms with E-state index in [1.165, 1.54) is 0 Å². The van der Waals surface area contributed by atoms with Crippen LogP contribution < -0.4 is 14.8 Å². The summed E-state index contributed by atoms with van der Waals surface area (Å²) in [4.78, 5) is 17.8. The molecular formula is C23H32N4O4S. The molecule has 1 atom stereocenters. The van der Waals surface area contributed by atoms with Crippen molar-refractivity contribution in [2.75, 3.05) is 24.3 Å². The lowest BCUT2D eigenvalue weighted by Gasteiger charge is -2.29. The van der Waals surface area contributed by atoms with E-state index in [4.69, 9.17) is 19.3 Å². The normalized spacial score (nSPS) is 15.4. The van der Waals surface area contributed by atoms with Crippen LogP contribution in [0.15, 0.2) is 34.6 Å². The minimum atomic E-state index is -0.504. The van der Waals surface area contributed by atoms with E-state index in [1.54, 1.807) is 16.4 Å². The Labute approximate surface area is 193 Å². The van der Waals surface area contributed by atoms with E-state index in [-0.39, 0.29) is 12.1 Å². The molecule has 0 spiro atoms. The van der Waals surface area contributed by atoms with E-state index < -0.39 is 6.04 Å². The molecule has 0 fully saturated rings. The molecular weight excluding hydrogens is 428 g/mol. The number of carbonyl (C=O) groups is 1. The quantitative estimate of drug-likeness (QED) is 0.399. The minimum absolute atomic E-state index is 0.240. The number of hydrogen-bond donors (Lipinski definition) is 1. The zero-order valence-corrected chi connectivity index (χ0v) is 20.4. The van der Waals surface area contributed by atoms with Gasteiger partial charge >= 0.3 is 5.97 Å². The number of rotatable bonds is 10. The Morgan fingerprint density at radius 2 is 1.91 bits per heavy atom. The first-order chi connectivity index (χ1) is 15.4. The molecule has 1 aliphatic heterocycles. The summed E-state index contributed by atoms with van der Waals surface area (Å²) in [7, 11) is 0. The summed E-state index contributed by atoms with van der Waals surface area (Å²) in [6, 6.07) is 5.21. The highest BCUT2D eigenvalue weighted by Crippen LogP contribution is 2.40. The summed E-state index contributed by atoms with van der Waals surface area (Å²) in [5.41, 5.74) is 2.03. The number of nitrogens with zero attached hydrogens (tertiary/aromatic N) is 3. The van der Waals surface area contributed by atoms with Gasteiger partial charge in [-0.2, -0.15) is 4.98 Å². The van der Waals surface area contributed by atoms with E-state index >= 15 is 0 Å². The number of allylic oxidation sites excluding steroid dienone is 1. The molecule has 9 heteroatoms. The third kappa shape index (κ3) is 5.20. The van der Waals surface area contributed by atoms with Crippen molar-refractivity contribution in [2.24, 2.45) is 0 Å². The minimum Gasteiger partial charge on any atom is -0.490 e. The van der Waals surface area contributed by atoms with Gasteiger partial charge in [0.1, 0.15) is 6.04 Å². The third-order valence-corrected chi connectivity index (χ3v) is 5.76. The molecule has 8 nitrogen and oxygen atoms in total. The standard InChI is InChI=1S/C23H32N4O4S/c1-7-12-32-23-25-22-24-15(6)19(21(28)31-14(4)5)20(27(22)26-23)16-10-11-17(29-8-2)18(13-16)30-9-3/h10-11,13-14,20H,7-9,12H2,1-6H3,(H,24,25,26). The van der Waals surface area contributed by atoms with Gasteiger partial charge in [0.05, 0.1) is 24.9 Å². The lowest BCUT2D eigenvalue weighted by Crippen LogP contribution is -2.30. The molecule has 1 aromatic carbocycles. The van der Waals surface area contributed by atoms with Crippen molar-refractivity contribution in [2.45, 2.75) is 65.3 Å². The molecule has 0 radical (unpaired) electrons. The van der Waals surface area contributed by atoms with Crippen molar-refractivity contribution in [3.8, 4) is 11.5 Å². The van der Waals surface area contributed by atoms with Crippen LogP contribution in [-0.4, -0.2) is 45.8 Å². The first-order valence-corrected chi connectivity index (χ1v) is 12.1. The largest absolute Gasteiger partial charge is 0.490 e. The summed E-state index contributed by atoms with van der Waals surface area (Å²) < 4.78 is 18.9. The maximum Gasteiger partial charge on any atom is 0.338 e. The molecule has 1 N–H and O–H groups in total. The zero-order chi connectivity index (χ0) is 23.3. The monoisotopic (exact) mass is 460 g/mol. The number of aromatic nitrogens is 3. The first-order valence-electron chi connectivity index (χ1n) is 11.1. The molecule has 32 heavy (non-hydrogen) atoms. The molecule has 0 saturated carbocycles. The zero-order valence-electron chi connectivity index (χ0n) is 19.6. The molecule has 2 aromatic rings. The Bertz CT molecular complexity index is 986. The van der Waals surface area contributed by atoms with Crippen LogP contribution in [0.2, 0.25) is 0 Å². The average molecular weight is 461 g/mol. The van der Waals surface area contributed by atoms with Gasteiger partial charge in [-0.3, -0.25) is 0 Å². The SMILES string of the molecule is CCCSc1nc2n(n1)C(c1ccc(OCC)c(OCC)c1)C(C(=O)OC(C)C)=C(C)N2. The van der Waals surface area contributed by atoms with E-state index in [0.29, 0.717) is 47.1 Å². The lowest BCUT2D eigenvalue weighted by atomic mass is 9.95. The van der Waals surface area contributed by atoms with Crippen molar-refractivity contribution in [3.63, 3.8) is 0 Å². The fraction of sp³-hybridized carbons (Fsp3) is 0.522. The van der Waals surface area contributed by atoms with E-state index in [1.807, 2.05) is 52.8 Å². The molecule has 0 bridgehead atoms. The van der Waals surface area contributed by atoms with E-state index in [0.717, 1.165) is 17.7 Å². The van der Waals surface area contributed by atoms with Crippen molar-refractivity contribution in [1.29, 1.82) is 0 Å². The molecule has 0 aliphatic carbocycles. The number of thioether (sulfide) groups is 1. The van der Waals surface area contributed by atoms with Gasteiger partial charge in [-0.05, 0) is 58.7 Å². The number of hydrogen-bond acceptors (Lipinski definition) is 8. The third-order valence-electron chi connectivity index (χ3n) is 4.71. The highest BCUT2D eigenvalue weighted by molar-refractivity contribution is 7.99. The van der Waals surface area contributed by atoms with E-state index in [2.05, 4.69) is 17.2 Å². The van der Waals surface area contributed by atoms with Crippen molar-refractivity contribution < 1.29 is 19.0 Å². The van der Waals surface area contributed by atoms with Crippen LogP contribution in [0.1, 0.15) is 59.6 Å². The maximum atomic E-state index is 13.1. The van der Waals surface area contributed by atoms with Crippen LogP contribution in [0.3, 0.4) is 0 Å².